The Bertz CT molecular complexity index is 800. The largest absolute Gasteiger partial charge is 0.368 e. The normalized spacial score (nSPS) is 13.9. The van der Waals surface area contributed by atoms with Crippen molar-refractivity contribution >= 4 is 23.3 Å². The highest BCUT2D eigenvalue weighted by atomic mass is 16.2. The molecular weight excluding hydrogens is 354 g/mol. The number of anilines is 1. The minimum Gasteiger partial charge on any atom is -0.368 e. The van der Waals surface area contributed by atoms with Crippen molar-refractivity contribution in [3.05, 3.63) is 66.2 Å². The Kier molecular flexibility index (Phi) is 6.78. The molecule has 0 aromatic heterocycles. The lowest BCUT2D eigenvalue weighted by Gasteiger charge is -2.36. The quantitative estimate of drug-likeness (QED) is 0.743. The van der Waals surface area contributed by atoms with Crippen molar-refractivity contribution in [2.24, 2.45) is 0 Å². The minimum absolute atomic E-state index is 0.138. The summed E-state index contributed by atoms with van der Waals surface area (Å²) in [6, 6.07) is 19.6. The number of carbonyl (C=O) groups excluding carboxylic acids is 3. The molecule has 3 rings (SSSR count). The molecule has 1 fully saturated rings. The lowest BCUT2D eigenvalue weighted by molar-refractivity contribution is -0.139. The SMILES string of the molecule is O=C(CCc1ccccc1)C(=O)NCC(=O)N1CCN(c2ccccc2)CC1. The smallest absolute Gasteiger partial charge is 0.287 e. The van der Waals surface area contributed by atoms with Crippen LogP contribution in [0.2, 0.25) is 0 Å². The molecule has 0 atom stereocenters. The highest BCUT2D eigenvalue weighted by Crippen LogP contribution is 2.15. The van der Waals surface area contributed by atoms with Crippen molar-refractivity contribution in [2.75, 3.05) is 37.6 Å². The number of hydrogen-bond donors (Lipinski definition) is 1. The average Bonchev–Trinajstić information content (AvgIpc) is 2.77. The monoisotopic (exact) mass is 379 g/mol. The Hall–Kier alpha value is -3.15. The first-order valence-electron chi connectivity index (χ1n) is 9.56. The van der Waals surface area contributed by atoms with Crippen LogP contribution in [-0.4, -0.2) is 55.2 Å². The van der Waals surface area contributed by atoms with Crippen molar-refractivity contribution in [1.29, 1.82) is 0 Å². The van der Waals surface area contributed by atoms with Crippen molar-refractivity contribution < 1.29 is 14.4 Å². The van der Waals surface area contributed by atoms with E-state index in [-0.39, 0.29) is 18.9 Å². The van der Waals surface area contributed by atoms with Crippen LogP contribution in [0.1, 0.15) is 12.0 Å². The highest BCUT2D eigenvalue weighted by molar-refractivity contribution is 6.36. The predicted molar refractivity (Wildman–Crippen MR) is 108 cm³/mol. The predicted octanol–water partition coefficient (Wildman–Crippen LogP) is 1.65. The number of nitrogens with one attached hydrogen (secondary N) is 1. The molecule has 2 aromatic carbocycles. The molecule has 1 heterocycles. The Labute approximate surface area is 165 Å². The summed E-state index contributed by atoms with van der Waals surface area (Å²) in [5.41, 5.74) is 2.16. The van der Waals surface area contributed by atoms with Gasteiger partial charge in [-0.3, -0.25) is 14.4 Å². The number of nitrogens with zero attached hydrogens (tertiary/aromatic N) is 2. The maximum absolute atomic E-state index is 12.3. The molecule has 0 radical (unpaired) electrons. The molecule has 6 heteroatoms. The van der Waals surface area contributed by atoms with E-state index in [4.69, 9.17) is 0 Å². The fraction of sp³-hybridized carbons (Fsp3) is 0.318. The van der Waals surface area contributed by atoms with Crippen LogP contribution in [0, 0.1) is 0 Å². The van der Waals surface area contributed by atoms with E-state index in [9.17, 15) is 14.4 Å². The highest BCUT2D eigenvalue weighted by Gasteiger charge is 2.22. The molecule has 2 amide bonds. The number of aryl methyl sites for hydroxylation is 1. The molecule has 1 aliphatic rings. The van der Waals surface area contributed by atoms with Crippen LogP contribution in [0.4, 0.5) is 5.69 Å². The molecule has 1 N–H and O–H groups in total. The van der Waals surface area contributed by atoms with E-state index in [1.165, 1.54) is 0 Å². The Balaban J connectivity index is 1.38. The lowest BCUT2D eigenvalue weighted by atomic mass is 10.1. The van der Waals surface area contributed by atoms with E-state index >= 15 is 0 Å². The van der Waals surface area contributed by atoms with Gasteiger partial charge >= 0.3 is 0 Å². The summed E-state index contributed by atoms with van der Waals surface area (Å²) in [6.45, 7) is 2.57. The summed E-state index contributed by atoms with van der Waals surface area (Å²) in [5, 5.41) is 2.47. The third-order valence-electron chi connectivity index (χ3n) is 4.89. The van der Waals surface area contributed by atoms with Gasteiger partial charge in [0.05, 0.1) is 6.54 Å². The summed E-state index contributed by atoms with van der Waals surface area (Å²) in [7, 11) is 0. The Morgan fingerprint density at radius 2 is 1.43 bits per heavy atom. The summed E-state index contributed by atoms with van der Waals surface area (Å²) >= 11 is 0. The number of ketones is 1. The maximum Gasteiger partial charge on any atom is 0.287 e. The maximum atomic E-state index is 12.3. The Morgan fingerprint density at radius 1 is 0.821 bits per heavy atom. The van der Waals surface area contributed by atoms with Gasteiger partial charge in [0.1, 0.15) is 0 Å². The van der Waals surface area contributed by atoms with Gasteiger partial charge in [0.25, 0.3) is 5.91 Å². The molecule has 28 heavy (non-hydrogen) atoms. The topological polar surface area (TPSA) is 69.7 Å². The second kappa shape index (κ2) is 9.69. The number of hydrogen-bond acceptors (Lipinski definition) is 4. The van der Waals surface area contributed by atoms with Crippen LogP contribution in [0.3, 0.4) is 0 Å². The molecular formula is C22H25N3O3. The number of amides is 2. The van der Waals surface area contributed by atoms with Crippen LogP contribution < -0.4 is 10.2 Å². The van der Waals surface area contributed by atoms with Gasteiger partial charge in [0.15, 0.2) is 0 Å². The average molecular weight is 379 g/mol. The molecule has 1 saturated heterocycles. The van der Waals surface area contributed by atoms with E-state index in [1.807, 2.05) is 48.5 Å². The first kappa shape index (κ1) is 19.6. The first-order chi connectivity index (χ1) is 13.6. The minimum atomic E-state index is -0.688. The second-order valence-corrected chi connectivity index (χ2v) is 6.79. The third-order valence-corrected chi connectivity index (χ3v) is 4.89. The van der Waals surface area contributed by atoms with Gasteiger partial charge in [-0.15, -0.1) is 0 Å². The zero-order chi connectivity index (χ0) is 19.8. The molecule has 1 aliphatic heterocycles. The van der Waals surface area contributed by atoms with Crippen molar-refractivity contribution in [3.8, 4) is 0 Å². The fourth-order valence-electron chi connectivity index (χ4n) is 3.24. The van der Waals surface area contributed by atoms with Gasteiger partial charge in [-0.05, 0) is 24.1 Å². The van der Waals surface area contributed by atoms with Gasteiger partial charge in [-0.1, -0.05) is 48.5 Å². The van der Waals surface area contributed by atoms with E-state index in [1.54, 1.807) is 4.90 Å². The molecule has 0 unspecified atom stereocenters. The zero-order valence-electron chi connectivity index (χ0n) is 15.8. The number of Topliss-reactive ketones (excluding diaryl/α,β-unsaturated/α-hetero) is 1. The van der Waals surface area contributed by atoms with Crippen molar-refractivity contribution in [3.63, 3.8) is 0 Å². The number of piperazine rings is 1. The lowest BCUT2D eigenvalue weighted by Crippen LogP contribution is -2.51. The van der Waals surface area contributed by atoms with Gasteiger partial charge < -0.3 is 15.1 Å². The molecule has 2 aromatic rings. The number of carbonyl (C=O) groups is 3. The first-order valence-corrected chi connectivity index (χ1v) is 9.56. The van der Waals surface area contributed by atoms with Crippen LogP contribution in [-0.2, 0) is 20.8 Å². The van der Waals surface area contributed by atoms with Gasteiger partial charge in [0, 0.05) is 38.3 Å². The molecule has 0 saturated carbocycles. The van der Waals surface area contributed by atoms with E-state index < -0.39 is 11.7 Å². The Morgan fingerprint density at radius 3 is 2.07 bits per heavy atom. The second-order valence-electron chi connectivity index (χ2n) is 6.79. The van der Waals surface area contributed by atoms with Gasteiger partial charge in [-0.2, -0.15) is 0 Å². The van der Waals surface area contributed by atoms with E-state index in [0.717, 1.165) is 24.3 Å². The molecule has 6 nitrogen and oxygen atoms in total. The molecule has 146 valence electrons. The summed E-state index contributed by atoms with van der Waals surface area (Å²) in [6.07, 6.45) is 0.655. The molecule has 0 aliphatic carbocycles. The van der Waals surface area contributed by atoms with Gasteiger partial charge in [-0.25, -0.2) is 0 Å². The van der Waals surface area contributed by atoms with Gasteiger partial charge in [0.2, 0.25) is 11.7 Å². The summed E-state index contributed by atoms with van der Waals surface area (Å²) in [5.74, 6) is -1.34. The molecule has 0 spiro atoms. The molecule has 0 bridgehead atoms. The standard InChI is InChI=1S/C22H25N3O3/c26-20(12-11-18-7-3-1-4-8-18)22(28)23-17-21(27)25-15-13-24(14-16-25)19-9-5-2-6-10-19/h1-10H,11-17H2,(H,23,28). The van der Waals surface area contributed by atoms with Crippen LogP contribution in [0.5, 0.6) is 0 Å². The van der Waals surface area contributed by atoms with Crippen molar-refractivity contribution in [1.82, 2.24) is 10.2 Å². The van der Waals surface area contributed by atoms with Crippen LogP contribution in [0.25, 0.3) is 0 Å². The number of para-hydroxylation sites is 1. The third kappa shape index (κ3) is 5.42. The number of benzene rings is 2. The van der Waals surface area contributed by atoms with Crippen LogP contribution in [0.15, 0.2) is 60.7 Å². The van der Waals surface area contributed by atoms with Crippen molar-refractivity contribution in [2.45, 2.75) is 12.8 Å². The van der Waals surface area contributed by atoms with E-state index in [0.29, 0.717) is 19.5 Å². The zero-order valence-corrected chi connectivity index (χ0v) is 15.8. The van der Waals surface area contributed by atoms with E-state index in [2.05, 4.69) is 22.3 Å². The van der Waals surface area contributed by atoms with Crippen LogP contribution >= 0.6 is 0 Å². The number of rotatable bonds is 7. The fourth-order valence-corrected chi connectivity index (χ4v) is 3.24. The summed E-state index contributed by atoms with van der Waals surface area (Å²) in [4.78, 5) is 40.2. The summed E-state index contributed by atoms with van der Waals surface area (Å²) < 4.78 is 0.